The van der Waals surface area contributed by atoms with Crippen molar-refractivity contribution >= 4 is 11.8 Å². The van der Waals surface area contributed by atoms with Crippen LogP contribution in [-0.2, 0) is 5.11 Å². The molecule has 0 N–H and O–H groups in total. The molecule has 0 aliphatic rings. The van der Waals surface area contributed by atoms with Crippen LogP contribution in [0.1, 0.15) is 33.6 Å². The summed E-state index contributed by atoms with van der Waals surface area (Å²) in [4.78, 5) is 0. The molecule has 0 aliphatic carbocycles. The summed E-state index contributed by atoms with van der Waals surface area (Å²) < 4.78 is 0. The van der Waals surface area contributed by atoms with Crippen LogP contribution in [0, 0.1) is 0 Å². The van der Waals surface area contributed by atoms with Crippen LogP contribution in [0.4, 0.5) is 0 Å². The van der Waals surface area contributed by atoms with E-state index in [2.05, 4.69) is 13.8 Å². The van der Waals surface area contributed by atoms with Crippen LogP contribution in [0.2, 0.25) is 0 Å². The van der Waals surface area contributed by atoms with E-state index in [9.17, 15) is 5.11 Å². The summed E-state index contributed by atoms with van der Waals surface area (Å²) in [6.07, 6.45) is 1.82. The van der Waals surface area contributed by atoms with Crippen LogP contribution in [0.15, 0.2) is 0 Å². The van der Waals surface area contributed by atoms with Crippen molar-refractivity contribution in [3.05, 3.63) is 0 Å². The predicted octanol–water partition coefficient (Wildman–Crippen LogP) is 2.68. The quantitative estimate of drug-likeness (QED) is 0.560. The summed E-state index contributed by atoms with van der Waals surface area (Å²) in [6.45, 7) is 6.17. The van der Waals surface area contributed by atoms with Crippen LogP contribution in [0.3, 0.4) is 0 Å². The number of rotatable bonds is 4. The zero-order valence-electron chi connectivity index (χ0n) is 6.39. The predicted molar refractivity (Wildman–Crippen MR) is 42.1 cm³/mol. The third kappa shape index (κ3) is 6.19. The van der Waals surface area contributed by atoms with Crippen LogP contribution in [0.5, 0.6) is 0 Å². The largest absolute Gasteiger partial charge is 0.221 e. The Balaban J connectivity index is 3.15. The molecular formula is C7H15OS. The molecule has 0 rings (SSSR count). The molecule has 0 fully saturated rings. The second-order valence-electron chi connectivity index (χ2n) is 2.40. The van der Waals surface area contributed by atoms with E-state index in [0.717, 1.165) is 12.8 Å². The Morgan fingerprint density at radius 2 is 2.00 bits per heavy atom. The minimum atomic E-state index is -0.394. The third-order valence-electron chi connectivity index (χ3n) is 0.948. The van der Waals surface area contributed by atoms with Crippen LogP contribution < -0.4 is 0 Å². The van der Waals surface area contributed by atoms with Gasteiger partial charge in [-0.3, -0.25) is 0 Å². The Morgan fingerprint density at radius 3 is 2.33 bits per heavy atom. The Morgan fingerprint density at radius 1 is 1.44 bits per heavy atom. The number of hydrogen-bond donors (Lipinski definition) is 0. The molecule has 0 aliphatic heterocycles. The molecular weight excluding hydrogens is 132 g/mol. The van der Waals surface area contributed by atoms with Gasteiger partial charge in [0.25, 0.3) is 0 Å². The molecule has 0 saturated heterocycles. The molecule has 0 saturated carbocycles. The molecule has 0 bridgehead atoms. The van der Waals surface area contributed by atoms with E-state index in [0.29, 0.717) is 5.25 Å². The van der Waals surface area contributed by atoms with Gasteiger partial charge in [-0.15, -0.1) is 11.8 Å². The van der Waals surface area contributed by atoms with Crippen LogP contribution >= 0.6 is 11.8 Å². The number of hydrogen-bond acceptors (Lipinski definition) is 1. The van der Waals surface area contributed by atoms with Crippen molar-refractivity contribution < 1.29 is 5.11 Å². The van der Waals surface area contributed by atoms with Crippen molar-refractivity contribution in [1.29, 1.82) is 0 Å². The highest BCUT2D eigenvalue weighted by atomic mass is 32.2. The highest BCUT2D eigenvalue weighted by Crippen LogP contribution is 2.18. The van der Waals surface area contributed by atoms with Gasteiger partial charge in [0, 0.05) is 5.25 Å². The minimum Gasteiger partial charge on any atom is -0.221 e. The summed E-state index contributed by atoms with van der Waals surface area (Å²) in [6, 6.07) is 0. The smallest absolute Gasteiger partial charge is 0.139 e. The first-order valence-corrected chi connectivity index (χ1v) is 4.42. The Labute approximate surface area is 61.8 Å². The number of thioether (sulfide) groups is 1. The summed E-state index contributed by atoms with van der Waals surface area (Å²) >= 11 is 1.52. The van der Waals surface area contributed by atoms with Crippen molar-refractivity contribution in [1.82, 2.24) is 0 Å². The van der Waals surface area contributed by atoms with Crippen molar-refractivity contribution in [2.24, 2.45) is 0 Å². The van der Waals surface area contributed by atoms with Gasteiger partial charge in [0.15, 0.2) is 0 Å². The first-order valence-electron chi connectivity index (χ1n) is 3.48. The van der Waals surface area contributed by atoms with Crippen LogP contribution in [-0.4, -0.2) is 10.7 Å². The van der Waals surface area contributed by atoms with E-state index < -0.39 is 5.44 Å². The van der Waals surface area contributed by atoms with Crippen molar-refractivity contribution in [2.75, 3.05) is 0 Å². The van der Waals surface area contributed by atoms with Crippen molar-refractivity contribution in [3.63, 3.8) is 0 Å². The van der Waals surface area contributed by atoms with E-state index in [1.54, 1.807) is 0 Å². The van der Waals surface area contributed by atoms with Gasteiger partial charge in [0.1, 0.15) is 5.44 Å². The lowest BCUT2D eigenvalue weighted by atomic mass is 10.4. The average molecular weight is 147 g/mol. The lowest BCUT2D eigenvalue weighted by Crippen LogP contribution is -2.02. The fourth-order valence-corrected chi connectivity index (χ4v) is 1.59. The third-order valence-corrected chi connectivity index (χ3v) is 2.03. The average Bonchev–Trinajstić information content (AvgIpc) is 1.63. The molecule has 1 unspecified atom stereocenters. The van der Waals surface area contributed by atoms with Gasteiger partial charge < -0.3 is 0 Å². The van der Waals surface area contributed by atoms with Gasteiger partial charge in [0.05, 0.1) is 0 Å². The van der Waals surface area contributed by atoms with Gasteiger partial charge in [-0.05, 0) is 6.42 Å². The zero-order valence-corrected chi connectivity index (χ0v) is 7.20. The molecule has 2 heteroatoms. The van der Waals surface area contributed by atoms with Gasteiger partial charge in [-0.1, -0.05) is 27.2 Å². The van der Waals surface area contributed by atoms with Crippen molar-refractivity contribution in [2.45, 2.75) is 44.3 Å². The van der Waals surface area contributed by atoms with Gasteiger partial charge in [-0.25, -0.2) is 5.11 Å². The topological polar surface area (TPSA) is 19.9 Å². The Bertz CT molecular complexity index is 63.9. The first-order chi connectivity index (χ1) is 4.16. The van der Waals surface area contributed by atoms with E-state index in [1.165, 1.54) is 11.8 Å². The van der Waals surface area contributed by atoms with Gasteiger partial charge in [0.2, 0.25) is 0 Å². The maximum atomic E-state index is 10.9. The molecule has 1 nitrogen and oxygen atoms in total. The summed E-state index contributed by atoms with van der Waals surface area (Å²) in [5.74, 6) is 0. The second-order valence-corrected chi connectivity index (χ2v) is 4.14. The highest BCUT2D eigenvalue weighted by molar-refractivity contribution is 8.00. The molecule has 0 heterocycles. The molecule has 1 atom stereocenters. The molecule has 9 heavy (non-hydrogen) atoms. The minimum absolute atomic E-state index is 0.394. The lowest BCUT2D eigenvalue weighted by Gasteiger charge is -2.08. The Hall–Kier alpha value is 0.310. The standard InChI is InChI=1S/C7H15OS/c1-4-5-7(8)9-6(2)3/h6-7H,4-5H2,1-3H3. The van der Waals surface area contributed by atoms with Gasteiger partial charge in [-0.2, -0.15) is 0 Å². The molecule has 0 amide bonds. The molecule has 1 radical (unpaired) electrons. The maximum Gasteiger partial charge on any atom is 0.139 e. The fourth-order valence-electron chi connectivity index (χ4n) is 0.607. The maximum absolute atomic E-state index is 10.9. The zero-order chi connectivity index (χ0) is 7.28. The summed E-state index contributed by atoms with van der Waals surface area (Å²) in [7, 11) is 0. The monoisotopic (exact) mass is 147 g/mol. The van der Waals surface area contributed by atoms with E-state index in [4.69, 9.17) is 0 Å². The second kappa shape index (κ2) is 5.12. The summed E-state index contributed by atoms with van der Waals surface area (Å²) in [5, 5.41) is 11.4. The van der Waals surface area contributed by atoms with E-state index >= 15 is 0 Å². The molecule has 0 aromatic heterocycles. The fraction of sp³-hybridized carbons (Fsp3) is 1.00. The molecule has 0 spiro atoms. The van der Waals surface area contributed by atoms with Gasteiger partial charge >= 0.3 is 0 Å². The van der Waals surface area contributed by atoms with Crippen LogP contribution in [0.25, 0.3) is 0 Å². The van der Waals surface area contributed by atoms with E-state index in [1.807, 2.05) is 6.92 Å². The molecule has 0 aromatic carbocycles. The lowest BCUT2D eigenvalue weighted by molar-refractivity contribution is 0.156. The summed E-state index contributed by atoms with van der Waals surface area (Å²) in [5.41, 5.74) is -0.394. The first kappa shape index (κ1) is 9.31. The SMILES string of the molecule is CCCC([O])SC(C)C. The molecule has 55 valence electrons. The molecule has 0 aromatic rings. The van der Waals surface area contributed by atoms with E-state index in [-0.39, 0.29) is 0 Å². The normalized spacial score (nSPS) is 14.3. The highest BCUT2D eigenvalue weighted by Gasteiger charge is 2.06. The Kier molecular flexibility index (Phi) is 5.30. The van der Waals surface area contributed by atoms with Crippen molar-refractivity contribution in [3.8, 4) is 0 Å².